The third-order valence-corrected chi connectivity index (χ3v) is 2.25. The van der Waals surface area contributed by atoms with Gasteiger partial charge in [0.2, 0.25) is 5.91 Å². The van der Waals surface area contributed by atoms with E-state index in [4.69, 9.17) is 10.8 Å². The number of rotatable bonds is 6. The summed E-state index contributed by atoms with van der Waals surface area (Å²) in [7, 11) is 0. The third kappa shape index (κ3) is 5.56. The van der Waals surface area contributed by atoms with Crippen molar-refractivity contribution >= 4 is 5.91 Å². The average molecular weight is 278 g/mol. The minimum atomic E-state index is -4.42. The number of amides is 1. The van der Waals surface area contributed by atoms with Gasteiger partial charge >= 0.3 is 6.18 Å². The normalized spacial score (nSPS) is 13.1. The number of aliphatic hydroxyl groups is 1. The van der Waals surface area contributed by atoms with Crippen LogP contribution in [0, 0.1) is 0 Å². The highest BCUT2D eigenvalue weighted by Crippen LogP contribution is 2.21. The molecule has 0 aliphatic carbocycles. The third-order valence-electron chi connectivity index (χ3n) is 2.25. The summed E-state index contributed by atoms with van der Waals surface area (Å²) < 4.78 is 40.2. The molecule has 106 valence electrons. The molecular weight excluding hydrogens is 265 g/mol. The first-order valence-corrected chi connectivity index (χ1v) is 5.36. The average Bonchev–Trinajstić information content (AvgIpc) is 2.33. The number of halogens is 3. The molecular formula is C11H13F3N2O3. The second-order valence-corrected chi connectivity index (χ2v) is 3.87. The Hall–Kier alpha value is -1.83. The van der Waals surface area contributed by atoms with Gasteiger partial charge in [0.15, 0.2) is 6.61 Å². The fraction of sp³-hybridized carbons (Fsp3) is 0.455. The summed E-state index contributed by atoms with van der Waals surface area (Å²) in [5.41, 5.74) is 5.37. The van der Waals surface area contributed by atoms with E-state index in [2.05, 4.69) is 9.72 Å². The van der Waals surface area contributed by atoms with Crippen LogP contribution in [0.1, 0.15) is 18.0 Å². The number of hydrogen-bond acceptors (Lipinski definition) is 4. The minimum Gasteiger partial charge on any atom is -0.483 e. The number of carbonyl (C=O) groups excluding carboxylic acids is 1. The second kappa shape index (κ2) is 6.37. The lowest BCUT2D eigenvalue weighted by molar-refractivity contribution is -0.153. The van der Waals surface area contributed by atoms with Crippen LogP contribution in [0.5, 0.6) is 5.75 Å². The molecule has 0 aliphatic rings. The maximum atomic E-state index is 11.9. The molecule has 0 bridgehead atoms. The lowest BCUT2D eigenvalue weighted by Gasteiger charge is -2.13. The van der Waals surface area contributed by atoms with Gasteiger partial charge in [-0.15, -0.1) is 0 Å². The number of carbonyl (C=O) groups is 1. The van der Waals surface area contributed by atoms with Crippen molar-refractivity contribution in [3.63, 3.8) is 0 Å². The van der Waals surface area contributed by atoms with Crippen molar-refractivity contribution in [2.24, 2.45) is 5.73 Å². The summed E-state index contributed by atoms with van der Waals surface area (Å²) in [6, 6.07) is 2.67. The van der Waals surface area contributed by atoms with E-state index in [0.717, 1.165) is 6.20 Å². The Morgan fingerprint density at radius 1 is 1.47 bits per heavy atom. The van der Waals surface area contributed by atoms with Gasteiger partial charge in [0.1, 0.15) is 5.75 Å². The summed E-state index contributed by atoms with van der Waals surface area (Å²) in [5, 5.41) is 9.08. The molecule has 0 aromatic carbocycles. The van der Waals surface area contributed by atoms with Crippen molar-refractivity contribution in [2.45, 2.75) is 18.5 Å². The number of pyridine rings is 1. The van der Waals surface area contributed by atoms with Crippen LogP contribution in [0.4, 0.5) is 13.2 Å². The molecule has 0 saturated heterocycles. The van der Waals surface area contributed by atoms with Gasteiger partial charge in [-0.05, 0) is 12.1 Å². The van der Waals surface area contributed by atoms with Gasteiger partial charge in [0, 0.05) is 18.0 Å². The highest BCUT2D eigenvalue weighted by Gasteiger charge is 2.28. The van der Waals surface area contributed by atoms with E-state index in [-0.39, 0.29) is 18.8 Å². The zero-order valence-corrected chi connectivity index (χ0v) is 9.85. The first-order valence-electron chi connectivity index (χ1n) is 5.36. The predicted octanol–water partition coefficient (Wildman–Crippen LogP) is 0.974. The molecule has 5 nitrogen and oxygen atoms in total. The quantitative estimate of drug-likeness (QED) is 0.812. The standard InChI is InChI=1S/C11H13F3N2O3/c12-11(13,14)6-19-8-1-2-9(16-4-8)7(5-17)3-10(15)18/h1-2,4,7,17H,3,5-6H2,(H2,15,18)/t7-/m1/s1. The number of hydrogen-bond donors (Lipinski definition) is 2. The first-order chi connectivity index (χ1) is 8.81. The van der Waals surface area contributed by atoms with Crippen LogP contribution >= 0.6 is 0 Å². The molecule has 1 rings (SSSR count). The molecule has 0 radical (unpaired) electrons. The van der Waals surface area contributed by atoms with Gasteiger partial charge in [-0.2, -0.15) is 13.2 Å². The monoisotopic (exact) mass is 278 g/mol. The SMILES string of the molecule is NC(=O)C[C@H](CO)c1ccc(OCC(F)(F)F)cn1. The van der Waals surface area contributed by atoms with Crippen molar-refractivity contribution in [3.05, 3.63) is 24.0 Å². The van der Waals surface area contributed by atoms with Crippen LogP contribution in [0.2, 0.25) is 0 Å². The molecule has 1 aromatic heterocycles. The molecule has 0 aliphatic heterocycles. The summed E-state index contributed by atoms with van der Waals surface area (Å²) in [4.78, 5) is 14.6. The lowest BCUT2D eigenvalue weighted by Crippen LogP contribution is -2.20. The molecule has 0 fully saturated rings. The van der Waals surface area contributed by atoms with E-state index in [0.29, 0.717) is 5.69 Å². The van der Waals surface area contributed by atoms with Crippen LogP contribution in [0.25, 0.3) is 0 Å². The number of nitrogens with zero attached hydrogens (tertiary/aromatic N) is 1. The van der Waals surface area contributed by atoms with Crippen molar-refractivity contribution in [1.29, 1.82) is 0 Å². The van der Waals surface area contributed by atoms with Crippen LogP contribution < -0.4 is 10.5 Å². The fourth-order valence-corrected chi connectivity index (χ4v) is 1.39. The van der Waals surface area contributed by atoms with E-state index in [9.17, 15) is 18.0 Å². The van der Waals surface area contributed by atoms with Crippen molar-refractivity contribution < 1.29 is 27.8 Å². The predicted molar refractivity (Wildman–Crippen MR) is 59.4 cm³/mol. The van der Waals surface area contributed by atoms with Gasteiger partial charge in [0.05, 0.1) is 12.8 Å². The van der Waals surface area contributed by atoms with Crippen LogP contribution in [0.3, 0.4) is 0 Å². The maximum absolute atomic E-state index is 11.9. The molecule has 0 saturated carbocycles. The van der Waals surface area contributed by atoms with E-state index >= 15 is 0 Å². The van der Waals surface area contributed by atoms with E-state index in [1.165, 1.54) is 12.1 Å². The molecule has 1 heterocycles. The molecule has 3 N–H and O–H groups in total. The molecule has 19 heavy (non-hydrogen) atoms. The molecule has 1 amide bonds. The molecule has 0 unspecified atom stereocenters. The number of aromatic nitrogens is 1. The van der Waals surface area contributed by atoms with Gasteiger partial charge < -0.3 is 15.6 Å². The molecule has 8 heteroatoms. The van der Waals surface area contributed by atoms with Crippen molar-refractivity contribution in [1.82, 2.24) is 4.98 Å². The maximum Gasteiger partial charge on any atom is 0.422 e. The summed E-state index contributed by atoms with van der Waals surface area (Å²) in [6.45, 7) is -1.74. The van der Waals surface area contributed by atoms with E-state index in [1.54, 1.807) is 0 Å². The van der Waals surface area contributed by atoms with Crippen LogP contribution in [-0.4, -0.2) is 35.4 Å². The Bertz CT molecular complexity index is 420. The lowest BCUT2D eigenvalue weighted by atomic mass is 10.0. The second-order valence-electron chi connectivity index (χ2n) is 3.87. The van der Waals surface area contributed by atoms with Gasteiger partial charge in [-0.3, -0.25) is 9.78 Å². The zero-order valence-electron chi connectivity index (χ0n) is 9.85. The molecule has 1 aromatic rings. The van der Waals surface area contributed by atoms with Crippen molar-refractivity contribution in [3.8, 4) is 5.75 Å². The number of aliphatic hydroxyl groups excluding tert-OH is 1. The number of ether oxygens (including phenoxy) is 1. The minimum absolute atomic E-state index is 0.0446. The Balaban J connectivity index is 2.67. The summed E-state index contributed by atoms with van der Waals surface area (Å²) in [5.74, 6) is -1.22. The molecule has 1 atom stereocenters. The Morgan fingerprint density at radius 3 is 2.58 bits per heavy atom. The Kier molecular flexibility index (Phi) is 5.11. The highest BCUT2D eigenvalue weighted by molar-refractivity contribution is 5.74. The topological polar surface area (TPSA) is 85.4 Å². The van der Waals surface area contributed by atoms with Gasteiger partial charge in [0.25, 0.3) is 0 Å². The Labute approximate surface area is 107 Å². The van der Waals surface area contributed by atoms with Gasteiger partial charge in [-0.1, -0.05) is 0 Å². The first kappa shape index (κ1) is 15.2. The zero-order chi connectivity index (χ0) is 14.5. The largest absolute Gasteiger partial charge is 0.483 e. The summed E-state index contributed by atoms with van der Waals surface area (Å²) in [6.07, 6.45) is -3.41. The number of alkyl halides is 3. The van der Waals surface area contributed by atoms with Crippen LogP contribution in [-0.2, 0) is 4.79 Å². The smallest absolute Gasteiger partial charge is 0.422 e. The fourth-order valence-electron chi connectivity index (χ4n) is 1.39. The number of primary amides is 1. The Morgan fingerprint density at radius 2 is 2.16 bits per heavy atom. The van der Waals surface area contributed by atoms with E-state index in [1.807, 2.05) is 0 Å². The highest BCUT2D eigenvalue weighted by atomic mass is 19.4. The van der Waals surface area contributed by atoms with Crippen molar-refractivity contribution in [2.75, 3.05) is 13.2 Å². The number of nitrogens with two attached hydrogens (primary N) is 1. The van der Waals surface area contributed by atoms with Gasteiger partial charge in [-0.25, -0.2) is 0 Å². The van der Waals surface area contributed by atoms with E-state index < -0.39 is 24.6 Å². The molecule has 0 spiro atoms. The summed E-state index contributed by atoms with van der Waals surface area (Å²) >= 11 is 0. The van der Waals surface area contributed by atoms with Crippen LogP contribution in [0.15, 0.2) is 18.3 Å².